The Morgan fingerprint density at radius 1 is 1.45 bits per heavy atom. The molecule has 4 heteroatoms. The number of hydrogen-bond donors (Lipinski definition) is 1. The minimum atomic E-state index is -0.264. The van der Waals surface area contributed by atoms with Gasteiger partial charge in [0.15, 0.2) is 0 Å². The van der Waals surface area contributed by atoms with Crippen molar-refractivity contribution in [3.63, 3.8) is 0 Å². The number of benzene rings is 1. The quantitative estimate of drug-likeness (QED) is 0.834. The summed E-state index contributed by atoms with van der Waals surface area (Å²) in [7, 11) is 3.60. The van der Waals surface area contributed by atoms with Crippen molar-refractivity contribution >= 4 is 5.97 Å². The van der Waals surface area contributed by atoms with Crippen LogP contribution in [0.2, 0.25) is 0 Å². The van der Waals surface area contributed by atoms with Gasteiger partial charge in [0.25, 0.3) is 0 Å². The van der Waals surface area contributed by atoms with Gasteiger partial charge in [-0.25, -0.2) is 4.79 Å². The Morgan fingerprint density at radius 2 is 2.25 bits per heavy atom. The Balaban J connectivity index is 1.86. The number of rotatable bonds is 5. The molecule has 2 rings (SSSR count). The summed E-state index contributed by atoms with van der Waals surface area (Å²) in [6.07, 6.45) is 2.57. The van der Waals surface area contributed by atoms with E-state index in [0.717, 1.165) is 18.7 Å². The molecule has 1 aromatic rings. The van der Waals surface area contributed by atoms with E-state index < -0.39 is 0 Å². The number of carbonyl (C=O) groups excluding carboxylic acids is 1. The van der Waals surface area contributed by atoms with Crippen molar-refractivity contribution in [3.05, 3.63) is 35.4 Å². The molecule has 1 aliphatic rings. The number of nitrogens with one attached hydrogen (secondary N) is 1. The molecule has 0 saturated carbocycles. The molecule has 1 saturated heterocycles. The molecule has 1 fully saturated rings. The third kappa shape index (κ3) is 4.05. The number of piperidine rings is 1. The summed E-state index contributed by atoms with van der Waals surface area (Å²) in [6.45, 7) is 4.08. The summed E-state index contributed by atoms with van der Waals surface area (Å²) < 4.78 is 4.81. The molecule has 1 N–H and O–H groups in total. The number of likely N-dealkylation sites (tertiary alicyclic amines) is 1. The van der Waals surface area contributed by atoms with Crippen LogP contribution in [0.3, 0.4) is 0 Å². The lowest BCUT2D eigenvalue weighted by Crippen LogP contribution is -2.37. The molecule has 110 valence electrons. The zero-order chi connectivity index (χ0) is 14.4. The largest absolute Gasteiger partial charge is 0.465 e. The zero-order valence-corrected chi connectivity index (χ0v) is 12.4. The molecule has 1 aromatic carbocycles. The minimum Gasteiger partial charge on any atom is -0.465 e. The average molecular weight is 276 g/mol. The van der Waals surface area contributed by atoms with E-state index in [9.17, 15) is 4.79 Å². The van der Waals surface area contributed by atoms with Gasteiger partial charge in [-0.3, -0.25) is 0 Å². The Morgan fingerprint density at radius 3 is 3.00 bits per heavy atom. The fourth-order valence-corrected chi connectivity index (χ4v) is 2.83. The second-order valence-corrected chi connectivity index (χ2v) is 5.55. The summed E-state index contributed by atoms with van der Waals surface area (Å²) in [5.41, 5.74) is 1.66. The predicted octanol–water partition coefficient (Wildman–Crippen LogP) is 1.90. The molecule has 4 nitrogen and oxygen atoms in total. The van der Waals surface area contributed by atoms with Crippen LogP contribution in [-0.2, 0) is 11.3 Å². The molecule has 0 radical (unpaired) electrons. The van der Waals surface area contributed by atoms with E-state index in [1.807, 2.05) is 24.3 Å². The number of methoxy groups -OCH3 is 1. The van der Waals surface area contributed by atoms with Gasteiger partial charge in [-0.1, -0.05) is 18.2 Å². The molecule has 0 spiro atoms. The van der Waals surface area contributed by atoms with Crippen molar-refractivity contribution in [3.8, 4) is 0 Å². The molecule has 1 unspecified atom stereocenters. The van der Waals surface area contributed by atoms with Gasteiger partial charge in [0.05, 0.1) is 12.7 Å². The third-order valence-corrected chi connectivity index (χ3v) is 3.89. The number of esters is 1. The highest BCUT2D eigenvalue weighted by molar-refractivity contribution is 5.90. The second-order valence-electron chi connectivity index (χ2n) is 5.55. The summed E-state index contributed by atoms with van der Waals surface area (Å²) in [6, 6.07) is 7.62. The van der Waals surface area contributed by atoms with E-state index in [1.165, 1.54) is 26.5 Å². The van der Waals surface area contributed by atoms with E-state index in [-0.39, 0.29) is 5.97 Å². The zero-order valence-electron chi connectivity index (χ0n) is 12.4. The van der Waals surface area contributed by atoms with Gasteiger partial charge in [-0.05, 0) is 50.5 Å². The third-order valence-electron chi connectivity index (χ3n) is 3.89. The summed E-state index contributed by atoms with van der Waals surface area (Å²) in [5, 5.41) is 3.48. The second kappa shape index (κ2) is 7.41. The first-order valence-electron chi connectivity index (χ1n) is 7.26. The number of nitrogens with zero attached hydrogens (tertiary/aromatic N) is 1. The molecule has 1 heterocycles. The Kier molecular flexibility index (Phi) is 5.56. The first-order chi connectivity index (χ1) is 9.70. The van der Waals surface area contributed by atoms with Crippen molar-refractivity contribution in [2.24, 2.45) is 5.92 Å². The highest BCUT2D eigenvalue weighted by Gasteiger charge is 2.17. The van der Waals surface area contributed by atoms with Crippen LogP contribution >= 0.6 is 0 Å². The molecule has 0 bridgehead atoms. The molecule has 0 aromatic heterocycles. The van der Waals surface area contributed by atoms with Gasteiger partial charge >= 0.3 is 5.97 Å². The highest BCUT2D eigenvalue weighted by atomic mass is 16.5. The number of carbonyl (C=O) groups is 1. The van der Waals surface area contributed by atoms with Crippen LogP contribution in [0.5, 0.6) is 0 Å². The Hall–Kier alpha value is -1.39. The van der Waals surface area contributed by atoms with Crippen molar-refractivity contribution in [2.75, 3.05) is 33.8 Å². The maximum atomic E-state index is 11.7. The number of hydrogen-bond acceptors (Lipinski definition) is 4. The Bertz CT molecular complexity index is 448. The fraction of sp³-hybridized carbons (Fsp3) is 0.562. The van der Waals surface area contributed by atoms with Crippen LogP contribution in [0.25, 0.3) is 0 Å². The van der Waals surface area contributed by atoms with Crippen molar-refractivity contribution < 1.29 is 9.53 Å². The normalized spacial score (nSPS) is 19.8. The van der Waals surface area contributed by atoms with Crippen molar-refractivity contribution in [1.29, 1.82) is 0 Å². The van der Waals surface area contributed by atoms with Gasteiger partial charge in [0.1, 0.15) is 0 Å². The van der Waals surface area contributed by atoms with Crippen LogP contribution in [0.15, 0.2) is 24.3 Å². The van der Waals surface area contributed by atoms with E-state index >= 15 is 0 Å². The van der Waals surface area contributed by atoms with Gasteiger partial charge in [-0.2, -0.15) is 0 Å². The van der Waals surface area contributed by atoms with Crippen LogP contribution in [-0.4, -0.2) is 44.7 Å². The minimum absolute atomic E-state index is 0.264. The smallest absolute Gasteiger partial charge is 0.338 e. The lowest BCUT2D eigenvalue weighted by Gasteiger charge is -2.29. The first kappa shape index (κ1) is 15.0. The van der Waals surface area contributed by atoms with Crippen molar-refractivity contribution in [1.82, 2.24) is 10.2 Å². The topological polar surface area (TPSA) is 41.6 Å². The van der Waals surface area contributed by atoms with Gasteiger partial charge in [0, 0.05) is 13.1 Å². The molecule has 0 aliphatic carbocycles. The van der Waals surface area contributed by atoms with E-state index in [0.29, 0.717) is 18.0 Å². The average Bonchev–Trinajstić information content (AvgIpc) is 2.47. The predicted molar refractivity (Wildman–Crippen MR) is 79.7 cm³/mol. The molecular formula is C16H24N2O2. The first-order valence-corrected chi connectivity index (χ1v) is 7.26. The van der Waals surface area contributed by atoms with Crippen molar-refractivity contribution in [2.45, 2.75) is 19.4 Å². The van der Waals surface area contributed by atoms with Crippen LogP contribution in [0.4, 0.5) is 0 Å². The highest BCUT2D eigenvalue weighted by Crippen LogP contribution is 2.15. The molecule has 20 heavy (non-hydrogen) atoms. The lowest BCUT2D eigenvalue weighted by molar-refractivity contribution is 0.0599. The van der Waals surface area contributed by atoms with Crippen LogP contribution in [0, 0.1) is 5.92 Å². The van der Waals surface area contributed by atoms with E-state index in [4.69, 9.17) is 4.74 Å². The SMILES string of the molecule is COC(=O)c1ccccc1CNCC1CCCN(C)C1. The van der Waals surface area contributed by atoms with Gasteiger partial charge in [0.2, 0.25) is 0 Å². The van der Waals surface area contributed by atoms with Gasteiger partial charge in [-0.15, -0.1) is 0 Å². The monoisotopic (exact) mass is 276 g/mol. The maximum absolute atomic E-state index is 11.7. The maximum Gasteiger partial charge on any atom is 0.338 e. The van der Waals surface area contributed by atoms with Gasteiger partial charge < -0.3 is 15.0 Å². The molecule has 0 amide bonds. The fourth-order valence-electron chi connectivity index (χ4n) is 2.83. The number of ether oxygens (including phenoxy) is 1. The van der Waals surface area contributed by atoms with Crippen LogP contribution in [0.1, 0.15) is 28.8 Å². The van der Waals surface area contributed by atoms with E-state index in [2.05, 4.69) is 17.3 Å². The molecular weight excluding hydrogens is 252 g/mol. The molecule has 1 atom stereocenters. The summed E-state index contributed by atoms with van der Waals surface area (Å²) in [4.78, 5) is 14.1. The summed E-state index contributed by atoms with van der Waals surface area (Å²) >= 11 is 0. The van der Waals surface area contributed by atoms with E-state index in [1.54, 1.807) is 0 Å². The molecule has 1 aliphatic heterocycles. The Labute approximate surface area is 121 Å². The standard InChI is InChI=1S/C16H24N2O2/c1-18-9-5-6-13(12-18)10-17-11-14-7-3-4-8-15(14)16(19)20-2/h3-4,7-8,13,17H,5-6,9-12H2,1-2H3. The summed E-state index contributed by atoms with van der Waals surface area (Å²) in [5.74, 6) is 0.443. The lowest BCUT2D eigenvalue weighted by atomic mass is 9.98. The van der Waals surface area contributed by atoms with Crippen LogP contribution < -0.4 is 5.32 Å².